The van der Waals surface area contributed by atoms with E-state index in [0.29, 0.717) is 28.0 Å². The summed E-state index contributed by atoms with van der Waals surface area (Å²) >= 11 is 6.11. The predicted molar refractivity (Wildman–Crippen MR) is 88.1 cm³/mol. The minimum atomic E-state index is -0.0113. The Hall–Kier alpha value is -2.21. The fourth-order valence-corrected chi connectivity index (χ4v) is 2.14. The van der Waals surface area contributed by atoms with Gasteiger partial charge in [0.05, 0.1) is 31.3 Å². The Labute approximate surface area is 134 Å². The molecule has 0 aliphatic rings. The second-order valence-electron chi connectivity index (χ2n) is 5.02. The molecule has 1 heterocycles. The van der Waals surface area contributed by atoms with E-state index in [1.165, 1.54) is 4.68 Å². The molecule has 0 unspecified atom stereocenters. The maximum absolute atomic E-state index is 6.11. The van der Waals surface area contributed by atoms with Gasteiger partial charge in [-0.2, -0.15) is 5.10 Å². The zero-order chi connectivity index (χ0) is 16.3. The molecule has 7 heteroatoms. The number of nitrogens with two attached hydrogens (primary N) is 1. The maximum atomic E-state index is 6.11. The van der Waals surface area contributed by atoms with Crippen LogP contribution in [0.2, 0.25) is 5.02 Å². The lowest BCUT2D eigenvalue weighted by atomic mass is 10.2. The number of anilines is 1. The Morgan fingerprint density at radius 3 is 2.68 bits per heavy atom. The number of nitrogens with zero attached hydrogens (tertiary/aromatic N) is 3. The van der Waals surface area contributed by atoms with Gasteiger partial charge in [-0.05, 0) is 26.8 Å². The van der Waals surface area contributed by atoms with Gasteiger partial charge in [-0.3, -0.25) is 0 Å². The van der Waals surface area contributed by atoms with Crippen molar-refractivity contribution in [3.63, 3.8) is 0 Å². The van der Waals surface area contributed by atoms with Crippen LogP contribution in [-0.4, -0.2) is 29.1 Å². The number of aryl methyl sites for hydroxylation is 1. The lowest BCUT2D eigenvalue weighted by molar-refractivity contribution is 0.230. The van der Waals surface area contributed by atoms with Crippen LogP contribution in [0.15, 0.2) is 23.4 Å². The van der Waals surface area contributed by atoms with Gasteiger partial charge in [0.25, 0.3) is 0 Å². The molecule has 0 radical (unpaired) electrons. The SMILES string of the molecule is COc1cc(Cl)cc(C=Nn2cc(C)nc2N)c1OC(C)C. The number of hydrogen-bond acceptors (Lipinski definition) is 5. The molecule has 0 aliphatic heterocycles. The summed E-state index contributed by atoms with van der Waals surface area (Å²) in [7, 11) is 1.57. The molecule has 0 bridgehead atoms. The fourth-order valence-electron chi connectivity index (χ4n) is 1.92. The van der Waals surface area contributed by atoms with E-state index in [-0.39, 0.29) is 6.10 Å². The summed E-state index contributed by atoms with van der Waals surface area (Å²) in [6.45, 7) is 5.72. The third-order valence-corrected chi connectivity index (χ3v) is 3.00. The van der Waals surface area contributed by atoms with Crippen molar-refractivity contribution in [2.24, 2.45) is 5.10 Å². The number of benzene rings is 1. The second-order valence-corrected chi connectivity index (χ2v) is 5.46. The Balaban J connectivity index is 2.44. The summed E-state index contributed by atoms with van der Waals surface area (Å²) < 4.78 is 12.6. The first kappa shape index (κ1) is 16.2. The minimum Gasteiger partial charge on any atom is -0.493 e. The third kappa shape index (κ3) is 3.71. The van der Waals surface area contributed by atoms with Crippen LogP contribution in [0.3, 0.4) is 0 Å². The summed E-state index contributed by atoms with van der Waals surface area (Å²) in [5.74, 6) is 1.45. The van der Waals surface area contributed by atoms with Crippen molar-refractivity contribution in [2.75, 3.05) is 12.8 Å². The molecular weight excluding hydrogens is 304 g/mol. The molecule has 22 heavy (non-hydrogen) atoms. The van der Waals surface area contributed by atoms with Gasteiger partial charge in [-0.1, -0.05) is 11.6 Å². The van der Waals surface area contributed by atoms with Gasteiger partial charge < -0.3 is 15.2 Å². The monoisotopic (exact) mass is 322 g/mol. The highest BCUT2D eigenvalue weighted by molar-refractivity contribution is 6.31. The van der Waals surface area contributed by atoms with Crippen LogP contribution >= 0.6 is 11.6 Å². The number of methoxy groups -OCH3 is 1. The zero-order valence-electron chi connectivity index (χ0n) is 13.0. The fraction of sp³-hybridized carbons (Fsp3) is 0.333. The van der Waals surface area contributed by atoms with Crippen LogP contribution in [0.5, 0.6) is 11.5 Å². The number of rotatable bonds is 5. The molecule has 0 atom stereocenters. The maximum Gasteiger partial charge on any atom is 0.221 e. The van der Waals surface area contributed by atoms with Gasteiger partial charge in [0, 0.05) is 16.7 Å². The summed E-state index contributed by atoms with van der Waals surface area (Å²) in [6.07, 6.45) is 3.34. The van der Waals surface area contributed by atoms with Gasteiger partial charge in [0.1, 0.15) is 0 Å². The molecule has 0 fully saturated rings. The largest absolute Gasteiger partial charge is 0.493 e. The van der Waals surface area contributed by atoms with Crippen molar-refractivity contribution in [1.29, 1.82) is 0 Å². The normalized spacial score (nSPS) is 11.4. The van der Waals surface area contributed by atoms with E-state index in [2.05, 4.69) is 10.1 Å². The molecule has 118 valence electrons. The van der Waals surface area contributed by atoms with E-state index in [4.69, 9.17) is 26.8 Å². The van der Waals surface area contributed by atoms with Crippen molar-refractivity contribution in [2.45, 2.75) is 26.9 Å². The van der Waals surface area contributed by atoms with Gasteiger partial charge >= 0.3 is 0 Å². The molecule has 0 aliphatic carbocycles. The molecule has 0 spiro atoms. The third-order valence-electron chi connectivity index (χ3n) is 2.78. The van der Waals surface area contributed by atoms with E-state index < -0.39 is 0 Å². The van der Waals surface area contributed by atoms with E-state index in [0.717, 1.165) is 5.69 Å². The van der Waals surface area contributed by atoms with E-state index in [9.17, 15) is 0 Å². The van der Waals surface area contributed by atoms with Crippen molar-refractivity contribution in [3.05, 3.63) is 34.6 Å². The van der Waals surface area contributed by atoms with Crippen molar-refractivity contribution < 1.29 is 9.47 Å². The number of aromatic nitrogens is 2. The average molecular weight is 323 g/mol. The molecule has 1 aromatic carbocycles. The molecular formula is C15H19ClN4O2. The van der Waals surface area contributed by atoms with Crippen molar-refractivity contribution in [1.82, 2.24) is 9.66 Å². The minimum absolute atomic E-state index is 0.0113. The highest BCUT2D eigenvalue weighted by Gasteiger charge is 2.13. The quantitative estimate of drug-likeness (QED) is 0.858. The average Bonchev–Trinajstić information content (AvgIpc) is 2.76. The molecule has 2 N–H and O–H groups in total. The molecule has 6 nitrogen and oxygen atoms in total. The first-order valence-corrected chi connectivity index (χ1v) is 7.18. The van der Waals surface area contributed by atoms with Gasteiger partial charge in [0.2, 0.25) is 5.95 Å². The Morgan fingerprint density at radius 2 is 2.14 bits per heavy atom. The Kier molecular flexibility index (Phi) is 4.92. The van der Waals surface area contributed by atoms with E-state index >= 15 is 0 Å². The zero-order valence-corrected chi connectivity index (χ0v) is 13.8. The van der Waals surface area contributed by atoms with Crippen LogP contribution < -0.4 is 15.2 Å². The standard InChI is InChI=1S/C15H19ClN4O2/c1-9(2)22-14-11(5-12(16)6-13(14)21-4)7-18-20-8-10(3)19-15(20)17/h5-9H,1-4H3,(H2,17,19). The molecule has 0 amide bonds. The molecule has 0 saturated heterocycles. The number of hydrogen-bond donors (Lipinski definition) is 1. The number of imidazole rings is 1. The number of nitrogen functional groups attached to an aromatic ring is 1. The first-order valence-electron chi connectivity index (χ1n) is 6.80. The van der Waals surface area contributed by atoms with Crippen LogP contribution in [-0.2, 0) is 0 Å². The molecule has 2 aromatic rings. The summed E-state index contributed by atoms with van der Waals surface area (Å²) in [4.78, 5) is 4.09. The molecule has 2 rings (SSSR count). The predicted octanol–water partition coefficient (Wildman–Crippen LogP) is 3.11. The lowest BCUT2D eigenvalue weighted by Gasteiger charge is -2.16. The van der Waals surface area contributed by atoms with Crippen molar-refractivity contribution in [3.8, 4) is 11.5 Å². The second kappa shape index (κ2) is 6.70. The summed E-state index contributed by atoms with van der Waals surface area (Å²) in [5.41, 5.74) is 7.25. The van der Waals surface area contributed by atoms with Crippen LogP contribution in [0.4, 0.5) is 5.95 Å². The van der Waals surface area contributed by atoms with E-state index in [1.54, 1.807) is 31.7 Å². The van der Waals surface area contributed by atoms with E-state index in [1.807, 2.05) is 20.8 Å². The van der Waals surface area contributed by atoms with Gasteiger partial charge in [-0.25, -0.2) is 9.66 Å². The van der Waals surface area contributed by atoms with Crippen LogP contribution in [0, 0.1) is 6.92 Å². The number of ether oxygens (including phenoxy) is 2. The summed E-state index contributed by atoms with van der Waals surface area (Å²) in [6, 6.07) is 3.46. The van der Waals surface area contributed by atoms with Gasteiger partial charge in [-0.15, -0.1) is 0 Å². The highest BCUT2D eigenvalue weighted by Crippen LogP contribution is 2.34. The topological polar surface area (TPSA) is 74.7 Å². The first-order chi connectivity index (χ1) is 10.4. The number of halogens is 1. The highest BCUT2D eigenvalue weighted by atomic mass is 35.5. The summed E-state index contributed by atoms with van der Waals surface area (Å²) in [5, 5.41) is 4.82. The Bertz CT molecular complexity index is 695. The van der Waals surface area contributed by atoms with Crippen LogP contribution in [0.25, 0.3) is 0 Å². The van der Waals surface area contributed by atoms with Gasteiger partial charge in [0.15, 0.2) is 11.5 Å². The smallest absolute Gasteiger partial charge is 0.221 e. The van der Waals surface area contributed by atoms with Crippen LogP contribution in [0.1, 0.15) is 25.1 Å². The lowest BCUT2D eigenvalue weighted by Crippen LogP contribution is -2.09. The Morgan fingerprint density at radius 1 is 1.41 bits per heavy atom. The molecule has 0 saturated carbocycles. The molecule has 1 aromatic heterocycles. The van der Waals surface area contributed by atoms with Crippen molar-refractivity contribution >= 4 is 23.8 Å².